The lowest BCUT2D eigenvalue weighted by atomic mass is 9.99. The molecule has 0 aliphatic heterocycles. The second-order valence-corrected chi connectivity index (χ2v) is 5.55. The van der Waals surface area contributed by atoms with E-state index >= 15 is 0 Å². The highest BCUT2D eigenvalue weighted by atomic mass is 32.1. The fourth-order valence-electron chi connectivity index (χ4n) is 1.86. The third kappa shape index (κ3) is 3.36. The number of aromatic nitrogens is 1. The number of hydrogen-bond donors (Lipinski definition) is 1. The van der Waals surface area contributed by atoms with Gasteiger partial charge in [0.25, 0.3) is 0 Å². The average molecular weight is 282 g/mol. The van der Waals surface area contributed by atoms with Crippen molar-refractivity contribution in [3.8, 4) is 0 Å². The molecule has 1 aromatic heterocycles. The van der Waals surface area contributed by atoms with Gasteiger partial charge in [-0.3, -0.25) is 0 Å². The lowest BCUT2D eigenvalue weighted by molar-refractivity contribution is 0.349. The summed E-state index contributed by atoms with van der Waals surface area (Å²) in [6, 6.07) is 3.56. The number of hydrogen-bond acceptors (Lipinski definition) is 3. The van der Waals surface area contributed by atoms with Gasteiger partial charge in [-0.15, -0.1) is 11.3 Å². The maximum Gasteiger partial charge on any atom is 0.126 e. The largest absolute Gasteiger partial charge is 0.302 e. The Balaban J connectivity index is 2.12. The van der Waals surface area contributed by atoms with Crippen molar-refractivity contribution in [2.75, 3.05) is 0 Å². The summed E-state index contributed by atoms with van der Waals surface area (Å²) in [5.41, 5.74) is 0.311. The Labute approximate surface area is 115 Å². The average Bonchev–Trinajstić information content (AvgIpc) is 2.89. The molecule has 0 saturated heterocycles. The maximum atomic E-state index is 13.1. The van der Waals surface area contributed by atoms with Crippen molar-refractivity contribution in [1.82, 2.24) is 10.3 Å². The van der Waals surface area contributed by atoms with Gasteiger partial charge in [-0.05, 0) is 31.0 Å². The number of benzene rings is 1. The van der Waals surface area contributed by atoms with E-state index in [2.05, 4.69) is 17.2 Å². The van der Waals surface area contributed by atoms with Crippen molar-refractivity contribution in [3.05, 3.63) is 52.0 Å². The minimum Gasteiger partial charge on any atom is -0.302 e. The Hall–Kier alpha value is -1.33. The topological polar surface area (TPSA) is 24.9 Å². The normalized spacial score (nSPS) is 14.3. The van der Waals surface area contributed by atoms with Crippen LogP contribution in [0.25, 0.3) is 0 Å². The molecule has 2 aromatic rings. The molecule has 0 aliphatic carbocycles. The van der Waals surface area contributed by atoms with Gasteiger partial charge in [0.2, 0.25) is 0 Å². The Kier molecular flexibility index (Phi) is 4.27. The summed E-state index contributed by atoms with van der Waals surface area (Å²) in [4.78, 5) is 4.31. The highest BCUT2D eigenvalue weighted by Gasteiger charge is 2.26. The van der Waals surface area contributed by atoms with Gasteiger partial charge in [0.15, 0.2) is 0 Å². The molecule has 0 bridgehead atoms. The Bertz CT molecular complexity index is 522. The molecule has 19 heavy (non-hydrogen) atoms. The Morgan fingerprint density at radius 1 is 1.26 bits per heavy atom. The first-order chi connectivity index (χ1) is 9.03. The van der Waals surface area contributed by atoms with Crippen LogP contribution in [-0.4, -0.2) is 4.98 Å². The zero-order valence-corrected chi connectivity index (χ0v) is 11.7. The summed E-state index contributed by atoms with van der Waals surface area (Å²) >= 11 is 1.57. The first-order valence-electron chi connectivity index (χ1n) is 6.13. The van der Waals surface area contributed by atoms with Crippen LogP contribution in [-0.2, 0) is 12.1 Å². The van der Waals surface area contributed by atoms with E-state index in [1.54, 1.807) is 17.5 Å². The molecule has 1 N–H and O–H groups in total. The molecular formula is C14H16F2N2S. The minimum absolute atomic E-state index is 0.281. The van der Waals surface area contributed by atoms with E-state index in [1.165, 1.54) is 12.1 Å². The van der Waals surface area contributed by atoms with Crippen LogP contribution in [0, 0.1) is 11.6 Å². The second kappa shape index (κ2) is 5.75. The zero-order chi connectivity index (χ0) is 13.9. The van der Waals surface area contributed by atoms with E-state index in [0.29, 0.717) is 12.1 Å². The monoisotopic (exact) mass is 282 g/mol. The van der Waals surface area contributed by atoms with Crippen LogP contribution in [0.15, 0.2) is 29.8 Å². The molecule has 102 valence electrons. The third-order valence-electron chi connectivity index (χ3n) is 3.22. The van der Waals surface area contributed by atoms with Crippen molar-refractivity contribution in [2.24, 2.45) is 0 Å². The van der Waals surface area contributed by atoms with Gasteiger partial charge in [-0.1, -0.05) is 6.92 Å². The van der Waals surface area contributed by atoms with Crippen LogP contribution in [0.2, 0.25) is 0 Å². The van der Waals surface area contributed by atoms with Gasteiger partial charge in [-0.2, -0.15) is 0 Å². The van der Waals surface area contributed by atoms with Gasteiger partial charge in [-0.25, -0.2) is 13.8 Å². The van der Waals surface area contributed by atoms with Crippen molar-refractivity contribution >= 4 is 11.3 Å². The van der Waals surface area contributed by atoms with Crippen LogP contribution >= 0.6 is 11.3 Å². The fourth-order valence-corrected chi connectivity index (χ4v) is 2.71. The second-order valence-electron chi connectivity index (χ2n) is 4.65. The molecule has 2 rings (SSSR count). The van der Waals surface area contributed by atoms with Crippen LogP contribution < -0.4 is 5.32 Å². The molecule has 5 heteroatoms. The van der Waals surface area contributed by atoms with E-state index < -0.39 is 11.6 Å². The molecule has 0 spiro atoms. The van der Waals surface area contributed by atoms with E-state index in [9.17, 15) is 8.78 Å². The molecule has 1 atom stereocenters. The minimum atomic E-state index is -0.552. The van der Waals surface area contributed by atoms with Crippen molar-refractivity contribution < 1.29 is 8.78 Å². The van der Waals surface area contributed by atoms with Crippen LogP contribution in [0.4, 0.5) is 8.78 Å². The van der Waals surface area contributed by atoms with Crippen molar-refractivity contribution in [2.45, 2.75) is 32.4 Å². The smallest absolute Gasteiger partial charge is 0.126 e. The van der Waals surface area contributed by atoms with E-state index in [-0.39, 0.29) is 5.54 Å². The molecular weight excluding hydrogens is 266 g/mol. The maximum absolute atomic E-state index is 13.1. The van der Waals surface area contributed by atoms with Gasteiger partial charge in [0.1, 0.15) is 16.6 Å². The standard InChI is InChI=1S/C14H16F2N2S/c1-3-14(2,13-17-4-5-19-13)18-9-10-6-11(15)8-12(16)7-10/h4-8,18H,3,9H2,1-2H3/t14-/m0/s1. The molecule has 2 nitrogen and oxygen atoms in total. The first-order valence-corrected chi connectivity index (χ1v) is 7.01. The first kappa shape index (κ1) is 14.1. The number of nitrogens with one attached hydrogen (secondary N) is 1. The molecule has 0 fully saturated rings. The Morgan fingerprint density at radius 3 is 2.47 bits per heavy atom. The van der Waals surface area contributed by atoms with Crippen LogP contribution in [0.3, 0.4) is 0 Å². The summed E-state index contributed by atoms with van der Waals surface area (Å²) < 4.78 is 26.3. The molecule has 0 amide bonds. The van der Waals surface area contributed by atoms with Gasteiger partial charge < -0.3 is 5.32 Å². The lowest BCUT2D eigenvalue weighted by Gasteiger charge is -2.27. The van der Waals surface area contributed by atoms with E-state index in [1.807, 2.05) is 12.3 Å². The highest BCUT2D eigenvalue weighted by molar-refractivity contribution is 7.09. The van der Waals surface area contributed by atoms with E-state index in [4.69, 9.17) is 0 Å². The molecule has 0 saturated carbocycles. The highest BCUT2D eigenvalue weighted by Crippen LogP contribution is 2.26. The Morgan fingerprint density at radius 2 is 1.95 bits per heavy atom. The molecule has 1 heterocycles. The van der Waals surface area contributed by atoms with Gasteiger partial charge in [0, 0.05) is 24.2 Å². The summed E-state index contributed by atoms with van der Waals surface area (Å²) in [7, 11) is 0. The van der Waals surface area contributed by atoms with Gasteiger partial charge >= 0.3 is 0 Å². The number of nitrogens with zero attached hydrogens (tertiary/aromatic N) is 1. The predicted octanol–water partition coefficient (Wildman–Crippen LogP) is 3.84. The zero-order valence-electron chi connectivity index (χ0n) is 10.9. The fraction of sp³-hybridized carbons (Fsp3) is 0.357. The third-order valence-corrected chi connectivity index (χ3v) is 4.25. The SMILES string of the molecule is CC[C@](C)(NCc1cc(F)cc(F)c1)c1nccs1. The number of thiazole rings is 1. The lowest BCUT2D eigenvalue weighted by Crippen LogP contribution is -2.38. The summed E-state index contributed by atoms with van der Waals surface area (Å²) in [5, 5.41) is 6.24. The predicted molar refractivity (Wildman–Crippen MR) is 73.0 cm³/mol. The summed E-state index contributed by atoms with van der Waals surface area (Å²) in [6.45, 7) is 4.50. The van der Waals surface area contributed by atoms with Crippen LogP contribution in [0.1, 0.15) is 30.8 Å². The van der Waals surface area contributed by atoms with E-state index in [0.717, 1.165) is 17.5 Å². The number of halogens is 2. The van der Waals surface area contributed by atoms with Crippen molar-refractivity contribution in [3.63, 3.8) is 0 Å². The molecule has 0 radical (unpaired) electrons. The summed E-state index contributed by atoms with van der Waals surface area (Å²) in [6.07, 6.45) is 2.61. The van der Waals surface area contributed by atoms with Crippen molar-refractivity contribution in [1.29, 1.82) is 0 Å². The van der Waals surface area contributed by atoms with Gasteiger partial charge in [0.05, 0.1) is 5.54 Å². The van der Waals surface area contributed by atoms with Crippen LogP contribution in [0.5, 0.6) is 0 Å². The summed E-state index contributed by atoms with van der Waals surface area (Å²) in [5.74, 6) is -1.10. The molecule has 1 aromatic carbocycles. The molecule has 0 aliphatic rings. The quantitative estimate of drug-likeness (QED) is 0.901. The number of rotatable bonds is 5. The molecule has 0 unspecified atom stereocenters.